The van der Waals surface area contributed by atoms with Crippen LogP contribution in [0.5, 0.6) is 5.75 Å². The Balaban J connectivity index is 1.23. The molecule has 0 spiro atoms. The van der Waals surface area contributed by atoms with Crippen LogP contribution in [0.1, 0.15) is 57.5 Å². The third kappa shape index (κ3) is 6.78. The topological polar surface area (TPSA) is 96.0 Å². The van der Waals surface area contributed by atoms with Crippen LogP contribution < -0.4 is 10.1 Å². The van der Waals surface area contributed by atoms with E-state index in [1.807, 2.05) is 54.9 Å². The van der Waals surface area contributed by atoms with Crippen LogP contribution in [0.4, 0.5) is 0 Å². The Kier molecular flexibility index (Phi) is 9.21. The summed E-state index contributed by atoms with van der Waals surface area (Å²) in [5.74, 6) is 1.33. The lowest BCUT2D eigenvalue weighted by Crippen LogP contribution is -2.32. The lowest BCUT2D eigenvalue weighted by Gasteiger charge is -2.34. The normalized spacial score (nSPS) is 14.3. The summed E-state index contributed by atoms with van der Waals surface area (Å²) in [5, 5.41) is 3.37. The average molecular weight is 628 g/mol. The van der Waals surface area contributed by atoms with Crippen molar-refractivity contribution in [2.75, 3.05) is 7.11 Å². The monoisotopic (exact) mass is 626 g/mol. The molecule has 0 aliphatic heterocycles. The summed E-state index contributed by atoms with van der Waals surface area (Å²) in [7, 11) is 1.67. The van der Waals surface area contributed by atoms with Gasteiger partial charge in [0.15, 0.2) is 0 Å². The number of nitrogens with zero attached hydrogens (tertiary/aromatic N) is 4. The molecule has 10 heteroatoms. The van der Waals surface area contributed by atoms with Gasteiger partial charge in [-0.2, -0.15) is 0 Å². The summed E-state index contributed by atoms with van der Waals surface area (Å²) in [4.78, 5) is 32.3. The maximum Gasteiger partial charge on any atom is 0.254 e. The van der Waals surface area contributed by atoms with Crippen LogP contribution in [0.2, 0.25) is 10.0 Å². The minimum Gasteiger partial charge on any atom is -0.497 e. The number of aryl methyl sites for hydroxylation is 1. The Morgan fingerprint density at radius 3 is 2.66 bits per heavy atom. The molecule has 1 unspecified atom stereocenters. The number of rotatable bonds is 10. The molecule has 0 saturated carbocycles. The zero-order valence-electron chi connectivity index (χ0n) is 24.3. The summed E-state index contributed by atoms with van der Waals surface area (Å²) >= 11 is 12.4. The number of imidazole rings is 1. The minimum absolute atomic E-state index is 0.143. The van der Waals surface area contributed by atoms with Gasteiger partial charge in [-0.05, 0) is 54.2 Å². The number of amides is 1. The van der Waals surface area contributed by atoms with Gasteiger partial charge in [0.1, 0.15) is 11.6 Å². The van der Waals surface area contributed by atoms with E-state index >= 15 is 0 Å². The molecule has 1 amide bonds. The molecule has 0 saturated heterocycles. The highest BCUT2D eigenvalue weighted by Crippen LogP contribution is 2.35. The molecule has 224 valence electrons. The molecule has 2 aromatic carbocycles. The van der Waals surface area contributed by atoms with Gasteiger partial charge in [-0.25, -0.2) is 4.98 Å². The first-order valence-corrected chi connectivity index (χ1v) is 15.2. The number of aromatic nitrogens is 4. The Labute approximate surface area is 266 Å². The fourth-order valence-corrected chi connectivity index (χ4v) is 6.30. The van der Waals surface area contributed by atoms with Gasteiger partial charge < -0.3 is 15.0 Å². The zero-order chi connectivity index (χ0) is 30.5. The fourth-order valence-electron chi connectivity index (χ4n) is 5.76. The first kappa shape index (κ1) is 29.8. The van der Waals surface area contributed by atoms with Crippen molar-refractivity contribution < 1.29 is 9.53 Å². The number of ether oxygens (including phenoxy) is 1. The molecule has 1 aliphatic rings. The highest BCUT2D eigenvalue weighted by Gasteiger charge is 2.28. The molecule has 0 radical (unpaired) electrons. The van der Waals surface area contributed by atoms with Crippen LogP contribution in [0.15, 0.2) is 85.5 Å². The number of methoxy groups -OCH3 is 1. The Morgan fingerprint density at radius 2 is 1.82 bits per heavy atom. The molecule has 1 aliphatic carbocycles. The molecular formula is C34H32Cl2N6O2. The van der Waals surface area contributed by atoms with Gasteiger partial charge in [0.05, 0.1) is 52.9 Å². The highest BCUT2D eigenvalue weighted by atomic mass is 35.5. The number of nitrogens with one attached hydrogen (secondary N) is 2. The highest BCUT2D eigenvalue weighted by molar-refractivity contribution is 6.39. The van der Waals surface area contributed by atoms with Crippen molar-refractivity contribution in [1.29, 1.82) is 0 Å². The van der Waals surface area contributed by atoms with E-state index in [9.17, 15) is 4.79 Å². The molecular weight excluding hydrogens is 595 g/mol. The summed E-state index contributed by atoms with van der Waals surface area (Å²) in [6.07, 6.45) is 9.72. The van der Waals surface area contributed by atoms with Crippen molar-refractivity contribution in [3.8, 4) is 17.0 Å². The second-order valence-electron chi connectivity index (χ2n) is 10.8. The van der Waals surface area contributed by atoms with Gasteiger partial charge in [0.2, 0.25) is 0 Å². The lowest BCUT2D eigenvalue weighted by atomic mass is 9.90. The van der Waals surface area contributed by atoms with E-state index in [0.717, 1.165) is 58.9 Å². The van der Waals surface area contributed by atoms with Gasteiger partial charge in [0, 0.05) is 37.2 Å². The second-order valence-corrected chi connectivity index (χ2v) is 11.6. The summed E-state index contributed by atoms with van der Waals surface area (Å²) < 4.78 is 5.41. The summed E-state index contributed by atoms with van der Waals surface area (Å²) in [6, 6.07) is 20.5. The number of carbonyl (C=O) groups is 1. The zero-order valence-corrected chi connectivity index (χ0v) is 25.8. The standard InChI is InChI=1S/C34H32Cl2N6O2/c1-44-26-11-3-9-25(15-26)29-19-39-31(41-29)21-42(30-12-4-8-24-10-5-13-38-33(24)30)20-23-7-2-6-22(14-23)16-40-34(43)32-27(35)17-37-18-28(32)36/h2-3,5-7,9-11,13-15,17-19,30H,4,8,12,16,20-21H2,1H3,(H,39,41)(H,40,43). The van der Waals surface area contributed by atoms with Crippen LogP contribution in [-0.2, 0) is 26.1 Å². The van der Waals surface area contributed by atoms with Gasteiger partial charge in [0.25, 0.3) is 5.91 Å². The van der Waals surface area contributed by atoms with Crippen molar-refractivity contribution in [1.82, 2.24) is 30.2 Å². The molecule has 5 aromatic rings. The second kappa shape index (κ2) is 13.6. The number of carbonyl (C=O) groups excluding carboxylic acids is 1. The van der Waals surface area contributed by atoms with E-state index in [4.69, 9.17) is 37.9 Å². The maximum atomic E-state index is 12.8. The smallest absolute Gasteiger partial charge is 0.254 e. The van der Waals surface area contributed by atoms with Crippen molar-refractivity contribution in [3.63, 3.8) is 0 Å². The van der Waals surface area contributed by atoms with Crippen LogP contribution in [-0.4, -0.2) is 37.9 Å². The Hall–Kier alpha value is -4.24. The van der Waals surface area contributed by atoms with Crippen LogP contribution in [0.25, 0.3) is 11.3 Å². The van der Waals surface area contributed by atoms with Gasteiger partial charge in [-0.1, -0.05) is 65.7 Å². The summed E-state index contributed by atoms with van der Waals surface area (Å²) in [5.41, 5.74) is 6.71. The van der Waals surface area contributed by atoms with Crippen molar-refractivity contribution in [2.45, 2.75) is 44.9 Å². The number of aromatic amines is 1. The van der Waals surface area contributed by atoms with Crippen LogP contribution >= 0.6 is 23.2 Å². The predicted molar refractivity (Wildman–Crippen MR) is 172 cm³/mol. The van der Waals surface area contributed by atoms with Gasteiger partial charge in [-0.3, -0.25) is 19.7 Å². The minimum atomic E-state index is -0.344. The number of halogens is 2. The molecule has 0 fully saturated rings. The quantitative estimate of drug-likeness (QED) is 0.170. The largest absolute Gasteiger partial charge is 0.497 e. The number of pyridine rings is 2. The average Bonchev–Trinajstić information content (AvgIpc) is 3.52. The molecule has 3 heterocycles. The summed E-state index contributed by atoms with van der Waals surface area (Å²) in [6.45, 7) is 1.63. The fraction of sp³-hybridized carbons (Fsp3) is 0.235. The van der Waals surface area contributed by atoms with E-state index in [1.54, 1.807) is 7.11 Å². The molecule has 1 atom stereocenters. The Morgan fingerprint density at radius 1 is 1.00 bits per heavy atom. The molecule has 2 N–H and O–H groups in total. The molecule has 8 nitrogen and oxygen atoms in total. The predicted octanol–water partition coefficient (Wildman–Crippen LogP) is 7.19. The molecule has 3 aromatic heterocycles. The van der Waals surface area contributed by atoms with E-state index in [-0.39, 0.29) is 27.6 Å². The molecule has 44 heavy (non-hydrogen) atoms. The molecule has 6 rings (SSSR count). The van der Waals surface area contributed by atoms with Crippen molar-refractivity contribution in [2.24, 2.45) is 0 Å². The number of fused-ring (bicyclic) bond motifs is 1. The van der Waals surface area contributed by atoms with Crippen molar-refractivity contribution in [3.05, 3.63) is 129 Å². The van der Waals surface area contributed by atoms with E-state index in [0.29, 0.717) is 19.6 Å². The third-order valence-electron chi connectivity index (χ3n) is 7.88. The maximum absolute atomic E-state index is 12.8. The number of hydrogen-bond acceptors (Lipinski definition) is 6. The molecule has 0 bridgehead atoms. The van der Waals surface area contributed by atoms with E-state index in [1.165, 1.54) is 18.0 Å². The third-order valence-corrected chi connectivity index (χ3v) is 8.45. The number of H-pyrrole nitrogens is 1. The number of benzene rings is 2. The number of hydrogen-bond donors (Lipinski definition) is 2. The van der Waals surface area contributed by atoms with Gasteiger partial charge >= 0.3 is 0 Å². The lowest BCUT2D eigenvalue weighted by molar-refractivity contribution is 0.0951. The first-order valence-electron chi connectivity index (χ1n) is 14.5. The first-order chi connectivity index (χ1) is 21.5. The van der Waals surface area contributed by atoms with Crippen molar-refractivity contribution >= 4 is 29.1 Å². The van der Waals surface area contributed by atoms with Gasteiger partial charge in [-0.15, -0.1) is 0 Å². The van der Waals surface area contributed by atoms with Crippen LogP contribution in [0.3, 0.4) is 0 Å². The van der Waals surface area contributed by atoms with Crippen LogP contribution in [0, 0.1) is 0 Å². The SMILES string of the molecule is COc1cccc(-c2cnc(CN(Cc3cccc(CNC(=O)c4c(Cl)cncc4Cl)c3)C3CCCc4cccnc43)[nH]2)c1. The van der Waals surface area contributed by atoms with E-state index in [2.05, 4.69) is 38.4 Å². The van der Waals surface area contributed by atoms with E-state index < -0.39 is 0 Å². The Bertz CT molecular complexity index is 1750.